The van der Waals surface area contributed by atoms with Gasteiger partial charge in [-0.1, -0.05) is 61.6 Å². The van der Waals surface area contributed by atoms with Crippen LogP contribution in [0, 0.1) is 0 Å². The van der Waals surface area contributed by atoms with Crippen molar-refractivity contribution in [2.24, 2.45) is 0 Å². The summed E-state index contributed by atoms with van der Waals surface area (Å²) in [6, 6.07) is 15.3. The highest BCUT2D eigenvalue weighted by Gasteiger charge is 2.22. The number of amides is 1. The van der Waals surface area contributed by atoms with E-state index in [1.165, 1.54) is 11.3 Å². The maximum Gasteiger partial charge on any atom is 0.260 e. The van der Waals surface area contributed by atoms with Crippen molar-refractivity contribution in [2.45, 2.75) is 19.8 Å². The number of pyridine rings is 1. The summed E-state index contributed by atoms with van der Waals surface area (Å²) in [5, 5.41) is 16.7. The SMILES string of the molecule is CC(C)c1c(C(=O)Nc2nnc(-c3ccccc3)s2)cnn1-c1ccccn1. The van der Waals surface area contributed by atoms with E-state index < -0.39 is 0 Å². The van der Waals surface area contributed by atoms with Crippen LogP contribution >= 0.6 is 11.3 Å². The molecule has 7 nitrogen and oxygen atoms in total. The minimum atomic E-state index is -0.262. The third-order valence-electron chi connectivity index (χ3n) is 4.13. The Hall–Kier alpha value is -3.39. The summed E-state index contributed by atoms with van der Waals surface area (Å²) < 4.78 is 1.70. The van der Waals surface area contributed by atoms with Gasteiger partial charge in [-0.3, -0.25) is 10.1 Å². The molecule has 0 bridgehead atoms. The Morgan fingerprint density at radius 3 is 2.57 bits per heavy atom. The van der Waals surface area contributed by atoms with Gasteiger partial charge in [-0.25, -0.2) is 9.67 Å². The number of benzene rings is 1. The average Bonchev–Trinajstić information content (AvgIpc) is 3.36. The minimum Gasteiger partial charge on any atom is -0.296 e. The van der Waals surface area contributed by atoms with Gasteiger partial charge in [0.25, 0.3) is 5.91 Å². The third kappa shape index (κ3) is 3.54. The molecule has 0 unspecified atom stereocenters. The molecule has 1 aromatic carbocycles. The number of carbonyl (C=O) groups is 1. The molecule has 3 heterocycles. The first-order chi connectivity index (χ1) is 13.6. The minimum absolute atomic E-state index is 0.0829. The molecule has 1 N–H and O–H groups in total. The summed E-state index contributed by atoms with van der Waals surface area (Å²) >= 11 is 1.33. The van der Waals surface area contributed by atoms with Crippen LogP contribution in [0.5, 0.6) is 0 Å². The number of hydrogen-bond acceptors (Lipinski definition) is 6. The Kier molecular flexibility index (Phi) is 4.94. The van der Waals surface area contributed by atoms with E-state index >= 15 is 0 Å². The van der Waals surface area contributed by atoms with Crippen LogP contribution < -0.4 is 5.32 Å². The first kappa shape index (κ1) is 18.0. The quantitative estimate of drug-likeness (QED) is 0.553. The lowest BCUT2D eigenvalue weighted by Gasteiger charge is -2.11. The molecule has 0 aliphatic rings. The summed E-state index contributed by atoms with van der Waals surface area (Å²) in [5.41, 5.74) is 2.26. The van der Waals surface area contributed by atoms with E-state index in [-0.39, 0.29) is 11.8 Å². The topological polar surface area (TPSA) is 85.6 Å². The molecule has 0 atom stereocenters. The number of hydrogen-bond donors (Lipinski definition) is 1. The molecule has 0 saturated heterocycles. The molecular formula is C20H18N6OS. The molecule has 3 aromatic heterocycles. The van der Waals surface area contributed by atoms with E-state index in [0.29, 0.717) is 16.5 Å². The monoisotopic (exact) mass is 390 g/mol. The molecule has 0 aliphatic heterocycles. The number of rotatable bonds is 5. The van der Waals surface area contributed by atoms with Gasteiger partial charge in [0.15, 0.2) is 5.82 Å². The zero-order valence-corrected chi connectivity index (χ0v) is 16.2. The highest BCUT2D eigenvalue weighted by Crippen LogP contribution is 2.27. The van der Waals surface area contributed by atoms with E-state index in [1.807, 2.05) is 62.4 Å². The Morgan fingerprint density at radius 1 is 1.07 bits per heavy atom. The van der Waals surface area contributed by atoms with Crippen molar-refractivity contribution in [2.75, 3.05) is 5.32 Å². The van der Waals surface area contributed by atoms with E-state index in [1.54, 1.807) is 17.1 Å². The standard InChI is InChI=1S/C20H18N6OS/c1-13(2)17-15(12-22-26(17)16-10-6-7-11-21-16)18(27)23-20-25-24-19(28-20)14-8-4-3-5-9-14/h3-13H,1-2H3,(H,23,25,27). The van der Waals surface area contributed by atoms with Crippen LogP contribution in [0.15, 0.2) is 60.9 Å². The lowest BCUT2D eigenvalue weighted by atomic mass is 10.1. The van der Waals surface area contributed by atoms with Gasteiger partial charge < -0.3 is 0 Å². The molecule has 0 fully saturated rings. The van der Waals surface area contributed by atoms with Crippen LogP contribution in [0.4, 0.5) is 5.13 Å². The summed E-state index contributed by atoms with van der Waals surface area (Å²) in [5.74, 6) is 0.494. The predicted molar refractivity (Wildman–Crippen MR) is 109 cm³/mol. The predicted octanol–water partition coefficient (Wildman–Crippen LogP) is 4.16. The highest BCUT2D eigenvalue weighted by molar-refractivity contribution is 7.18. The largest absolute Gasteiger partial charge is 0.296 e. The first-order valence-corrected chi connectivity index (χ1v) is 9.64. The first-order valence-electron chi connectivity index (χ1n) is 8.83. The Bertz CT molecular complexity index is 1090. The van der Waals surface area contributed by atoms with Crippen LogP contribution in [-0.2, 0) is 0 Å². The lowest BCUT2D eigenvalue weighted by Crippen LogP contribution is -2.15. The van der Waals surface area contributed by atoms with Crippen molar-refractivity contribution in [3.05, 3.63) is 72.2 Å². The fraction of sp³-hybridized carbons (Fsp3) is 0.150. The fourth-order valence-electron chi connectivity index (χ4n) is 2.89. The van der Waals surface area contributed by atoms with Gasteiger partial charge in [0.2, 0.25) is 5.13 Å². The van der Waals surface area contributed by atoms with E-state index in [0.717, 1.165) is 16.3 Å². The zero-order chi connectivity index (χ0) is 19.5. The maximum absolute atomic E-state index is 12.9. The number of anilines is 1. The van der Waals surface area contributed by atoms with Gasteiger partial charge in [-0.2, -0.15) is 5.10 Å². The number of carbonyl (C=O) groups excluding carboxylic acids is 1. The van der Waals surface area contributed by atoms with Gasteiger partial charge in [0.1, 0.15) is 5.01 Å². The van der Waals surface area contributed by atoms with Gasteiger partial charge in [0.05, 0.1) is 17.5 Å². The van der Waals surface area contributed by atoms with Crippen LogP contribution in [0.3, 0.4) is 0 Å². The van der Waals surface area contributed by atoms with E-state index in [4.69, 9.17) is 0 Å². The fourth-order valence-corrected chi connectivity index (χ4v) is 3.63. The summed E-state index contributed by atoms with van der Waals surface area (Å²) in [6.45, 7) is 4.04. The van der Waals surface area contributed by atoms with Crippen molar-refractivity contribution in [1.82, 2.24) is 25.0 Å². The van der Waals surface area contributed by atoms with Crippen molar-refractivity contribution < 1.29 is 4.79 Å². The molecule has 0 saturated carbocycles. The third-order valence-corrected chi connectivity index (χ3v) is 5.02. The molecule has 28 heavy (non-hydrogen) atoms. The van der Waals surface area contributed by atoms with E-state index in [9.17, 15) is 4.79 Å². The average molecular weight is 390 g/mol. The molecule has 0 aliphatic carbocycles. The van der Waals surface area contributed by atoms with Crippen molar-refractivity contribution in [3.8, 4) is 16.4 Å². The van der Waals surface area contributed by atoms with Crippen LogP contribution in [-0.4, -0.2) is 30.9 Å². The van der Waals surface area contributed by atoms with E-state index in [2.05, 4.69) is 25.6 Å². The summed E-state index contributed by atoms with van der Waals surface area (Å²) in [6.07, 6.45) is 3.27. The van der Waals surface area contributed by atoms with Crippen LogP contribution in [0.2, 0.25) is 0 Å². The molecule has 1 amide bonds. The van der Waals surface area contributed by atoms with Gasteiger partial charge in [0, 0.05) is 11.8 Å². The summed E-state index contributed by atoms with van der Waals surface area (Å²) in [7, 11) is 0. The molecule has 140 valence electrons. The Labute approximate surface area is 166 Å². The molecular weight excluding hydrogens is 372 g/mol. The lowest BCUT2D eigenvalue weighted by molar-refractivity contribution is 0.102. The second-order valence-corrected chi connectivity index (χ2v) is 7.41. The Balaban J connectivity index is 1.61. The van der Waals surface area contributed by atoms with Crippen LogP contribution in [0.25, 0.3) is 16.4 Å². The van der Waals surface area contributed by atoms with Crippen molar-refractivity contribution in [1.29, 1.82) is 0 Å². The van der Waals surface area contributed by atoms with Crippen molar-refractivity contribution in [3.63, 3.8) is 0 Å². The maximum atomic E-state index is 12.9. The molecule has 8 heteroatoms. The van der Waals surface area contributed by atoms with Gasteiger partial charge >= 0.3 is 0 Å². The van der Waals surface area contributed by atoms with Crippen molar-refractivity contribution >= 4 is 22.4 Å². The zero-order valence-electron chi connectivity index (χ0n) is 15.4. The summed E-state index contributed by atoms with van der Waals surface area (Å²) in [4.78, 5) is 17.2. The van der Waals surface area contributed by atoms with Gasteiger partial charge in [-0.15, -0.1) is 10.2 Å². The number of aromatic nitrogens is 5. The number of nitrogens with one attached hydrogen (secondary N) is 1. The Morgan fingerprint density at radius 2 is 1.86 bits per heavy atom. The normalized spacial score (nSPS) is 11.0. The van der Waals surface area contributed by atoms with Gasteiger partial charge in [-0.05, 0) is 18.1 Å². The smallest absolute Gasteiger partial charge is 0.260 e. The number of nitrogens with zero attached hydrogens (tertiary/aromatic N) is 5. The second-order valence-electron chi connectivity index (χ2n) is 6.43. The highest BCUT2D eigenvalue weighted by atomic mass is 32.1. The molecule has 0 spiro atoms. The van der Waals surface area contributed by atoms with Crippen LogP contribution in [0.1, 0.15) is 35.8 Å². The molecule has 0 radical (unpaired) electrons. The molecule has 4 rings (SSSR count). The molecule has 4 aromatic rings. The second kappa shape index (κ2) is 7.69.